The van der Waals surface area contributed by atoms with E-state index in [1.165, 1.54) is 0 Å². The maximum absolute atomic E-state index is 11.9. The van der Waals surface area contributed by atoms with Crippen molar-refractivity contribution in [1.82, 2.24) is 5.32 Å². The van der Waals surface area contributed by atoms with E-state index in [-0.39, 0.29) is 24.0 Å². The summed E-state index contributed by atoms with van der Waals surface area (Å²) in [6, 6.07) is 18.1. The van der Waals surface area contributed by atoms with Gasteiger partial charge in [0, 0.05) is 18.7 Å². The first-order chi connectivity index (χ1) is 12.1. The van der Waals surface area contributed by atoms with Gasteiger partial charge < -0.3 is 15.0 Å². The molecule has 0 fully saturated rings. The second kappa shape index (κ2) is 7.51. The number of fused-ring (bicyclic) bond motifs is 1. The lowest BCUT2D eigenvalue weighted by molar-refractivity contribution is -0.119. The van der Waals surface area contributed by atoms with Gasteiger partial charge in [0.15, 0.2) is 0 Å². The average molecular weight is 336 g/mol. The maximum Gasteiger partial charge on any atom is 0.217 e. The highest BCUT2D eigenvalue weighted by atomic mass is 16.1. The summed E-state index contributed by atoms with van der Waals surface area (Å²) in [7, 11) is 0. The summed E-state index contributed by atoms with van der Waals surface area (Å²) < 4.78 is 0. The molecule has 0 aromatic heterocycles. The third kappa shape index (κ3) is 3.73. The molecule has 0 saturated carbocycles. The van der Waals surface area contributed by atoms with Crippen molar-refractivity contribution in [3.05, 3.63) is 65.7 Å². The lowest BCUT2D eigenvalue weighted by Crippen LogP contribution is -2.49. The van der Waals surface area contributed by atoms with Crippen LogP contribution >= 0.6 is 0 Å². The van der Waals surface area contributed by atoms with E-state index in [1.54, 1.807) is 6.92 Å². The smallest absolute Gasteiger partial charge is 0.217 e. The molecular formula is C21H24N2O2. The van der Waals surface area contributed by atoms with Crippen LogP contribution in [0.5, 0.6) is 0 Å². The van der Waals surface area contributed by atoms with Crippen molar-refractivity contribution in [1.29, 1.82) is 0 Å². The first kappa shape index (κ1) is 17.2. The molecule has 25 heavy (non-hydrogen) atoms. The molecule has 3 rings (SSSR count). The van der Waals surface area contributed by atoms with Crippen LogP contribution in [0.25, 0.3) is 0 Å². The Bertz CT molecular complexity index is 745. The number of para-hydroxylation sites is 1. The Labute approximate surface area is 148 Å². The molecular weight excluding hydrogens is 312 g/mol. The second-order valence-electron chi connectivity index (χ2n) is 6.70. The zero-order valence-electron chi connectivity index (χ0n) is 14.7. The zero-order valence-corrected chi connectivity index (χ0v) is 14.7. The van der Waals surface area contributed by atoms with Gasteiger partial charge >= 0.3 is 0 Å². The van der Waals surface area contributed by atoms with Gasteiger partial charge in [-0.15, -0.1) is 0 Å². The molecule has 2 aromatic rings. The monoisotopic (exact) mass is 336 g/mol. The molecule has 0 saturated heterocycles. The highest BCUT2D eigenvalue weighted by Crippen LogP contribution is 2.38. The molecule has 1 aliphatic heterocycles. The quantitative estimate of drug-likeness (QED) is 0.853. The van der Waals surface area contributed by atoms with Crippen LogP contribution in [-0.4, -0.2) is 24.3 Å². The molecule has 1 aliphatic rings. The van der Waals surface area contributed by atoms with Gasteiger partial charge in [-0.25, -0.2) is 0 Å². The van der Waals surface area contributed by atoms with Crippen LogP contribution in [0.2, 0.25) is 0 Å². The largest absolute Gasteiger partial charge is 0.358 e. The van der Waals surface area contributed by atoms with Crippen molar-refractivity contribution in [3.63, 3.8) is 0 Å². The van der Waals surface area contributed by atoms with Crippen molar-refractivity contribution >= 4 is 17.9 Å². The lowest BCUT2D eigenvalue weighted by atomic mass is 9.89. The second-order valence-corrected chi connectivity index (χ2v) is 6.70. The van der Waals surface area contributed by atoms with Crippen molar-refractivity contribution in [2.24, 2.45) is 0 Å². The van der Waals surface area contributed by atoms with E-state index in [1.807, 2.05) is 42.5 Å². The fourth-order valence-electron chi connectivity index (χ4n) is 3.79. The highest BCUT2D eigenvalue weighted by Gasteiger charge is 2.34. The molecule has 0 bridgehead atoms. The number of nitrogens with zero attached hydrogens (tertiary/aromatic N) is 1. The van der Waals surface area contributed by atoms with Crippen LogP contribution in [0.4, 0.5) is 5.69 Å². The maximum atomic E-state index is 11.9. The van der Waals surface area contributed by atoms with Crippen LogP contribution in [0.15, 0.2) is 54.6 Å². The highest BCUT2D eigenvalue weighted by molar-refractivity contribution is 5.75. The van der Waals surface area contributed by atoms with Crippen molar-refractivity contribution in [3.8, 4) is 0 Å². The number of benzene rings is 2. The molecule has 0 radical (unpaired) electrons. The van der Waals surface area contributed by atoms with Crippen LogP contribution in [-0.2, 0) is 16.0 Å². The summed E-state index contributed by atoms with van der Waals surface area (Å²) in [6.07, 6.45) is 2.50. The normalized spacial score (nSPS) is 20.5. The number of carbonyl (C=O) groups excluding carboxylic acids is 2. The Kier molecular flexibility index (Phi) is 5.17. The number of carbonyl (C=O) groups is 2. The first-order valence-corrected chi connectivity index (χ1v) is 8.73. The van der Waals surface area contributed by atoms with Crippen LogP contribution in [0.3, 0.4) is 0 Å². The minimum atomic E-state index is -0.225. The standard InChI is InChI=1S/C21H24N2O2/c1-15-12-20(22-16(2)25)19-10-6-7-11-21(19)23(15)18(14-24)13-17-8-4-3-5-9-17/h3-11,14-15,18,20H,12-13H2,1-2H3,(H,22,25). The lowest BCUT2D eigenvalue weighted by Gasteiger charge is -2.43. The molecule has 4 nitrogen and oxygen atoms in total. The van der Waals surface area contributed by atoms with E-state index in [0.29, 0.717) is 6.42 Å². The fraction of sp³-hybridized carbons (Fsp3) is 0.333. The summed E-state index contributed by atoms with van der Waals surface area (Å²) in [6.45, 7) is 3.66. The summed E-state index contributed by atoms with van der Waals surface area (Å²) in [5, 5.41) is 3.04. The fourth-order valence-corrected chi connectivity index (χ4v) is 3.79. The molecule has 1 heterocycles. The topological polar surface area (TPSA) is 49.4 Å². The predicted molar refractivity (Wildman–Crippen MR) is 99.6 cm³/mol. The molecule has 0 spiro atoms. The number of rotatable bonds is 5. The average Bonchev–Trinajstić information content (AvgIpc) is 2.61. The van der Waals surface area contributed by atoms with E-state index in [2.05, 4.69) is 29.3 Å². The van der Waals surface area contributed by atoms with E-state index >= 15 is 0 Å². The van der Waals surface area contributed by atoms with Gasteiger partial charge in [-0.05, 0) is 37.0 Å². The molecule has 1 amide bonds. The number of hydrogen-bond donors (Lipinski definition) is 1. The zero-order chi connectivity index (χ0) is 17.8. The Balaban J connectivity index is 1.94. The van der Waals surface area contributed by atoms with E-state index in [9.17, 15) is 9.59 Å². The minimum absolute atomic E-state index is 0.0102. The predicted octanol–water partition coefficient (Wildman–Crippen LogP) is 3.27. The number of aldehydes is 1. The summed E-state index contributed by atoms with van der Waals surface area (Å²) in [4.78, 5) is 25.7. The van der Waals surface area contributed by atoms with Gasteiger partial charge in [-0.3, -0.25) is 4.79 Å². The Morgan fingerprint density at radius 1 is 1.20 bits per heavy atom. The Morgan fingerprint density at radius 3 is 2.56 bits per heavy atom. The number of nitrogens with one attached hydrogen (secondary N) is 1. The third-order valence-corrected chi connectivity index (χ3v) is 4.82. The minimum Gasteiger partial charge on any atom is -0.358 e. The van der Waals surface area contributed by atoms with Gasteiger partial charge in [0.1, 0.15) is 6.29 Å². The van der Waals surface area contributed by atoms with Crippen LogP contribution < -0.4 is 10.2 Å². The summed E-state index contributed by atoms with van der Waals surface area (Å²) in [5.41, 5.74) is 3.26. The molecule has 130 valence electrons. The molecule has 1 N–H and O–H groups in total. The Morgan fingerprint density at radius 2 is 1.88 bits per heavy atom. The van der Waals surface area contributed by atoms with E-state index < -0.39 is 0 Å². The van der Waals surface area contributed by atoms with Crippen molar-refractivity contribution in [2.45, 2.75) is 44.8 Å². The van der Waals surface area contributed by atoms with Gasteiger partial charge in [-0.2, -0.15) is 0 Å². The Hall–Kier alpha value is -2.62. The van der Waals surface area contributed by atoms with Crippen LogP contribution in [0.1, 0.15) is 37.4 Å². The van der Waals surface area contributed by atoms with Gasteiger partial charge in [-0.1, -0.05) is 48.5 Å². The first-order valence-electron chi connectivity index (χ1n) is 8.73. The summed E-state index contributed by atoms with van der Waals surface area (Å²) in [5.74, 6) is -0.0309. The van der Waals surface area contributed by atoms with Gasteiger partial charge in [0.25, 0.3) is 0 Å². The molecule has 2 aromatic carbocycles. The summed E-state index contributed by atoms with van der Waals surface area (Å²) >= 11 is 0. The van der Waals surface area contributed by atoms with E-state index in [0.717, 1.165) is 29.5 Å². The van der Waals surface area contributed by atoms with E-state index in [4.69, 9.17) is 0 Å². The molecule has 3 atom stereocenters. The number of amides is 1. The van der Waals surface area contributed by atoms with Gasteiger partial charge in [0.05, 0.1) is 12.1 Å². The van der Waals surface area contributed by atoms with Crippen molar-refractivity contribution in [2.75, 3.05) is 4.90 Å². The van der Waals surface area contributed by atoms with Crippen LogP contribution in [0, 0.1) is 0 Å². The van der Waals surface area contributed by atoms with Gasteiger partial charge in [0.2, 0.25) is 5.91 Å². The third-order valence-electron chi connectivity index (χ3n) is 4.82. The molecule has 0 aliphatic carbocycles. The SMILES string of the molecule is CC(=O)NC1CC(C)N(C(C=O)Cc2ccccc2)c2ccccc21. The van der Waals surface area contributed by atoms with Crippen molar-refractivity contribution < 1.29 is 9.59 Å². The number of anilines is 1. The number of hydrogen-bond acceptors (Lipinski definition) is 3. The molecule has 3 unspecified atom stereocenters. The molecule has 4 heteroatoms.